The van der Waals surface area contributed by atoms with E-state index < -0.39 is 15.9 Å². The molecule has 0 atom stereocenters. The average Bonchev–Trinajstić information content (AvgIpc) is 3.11. The number of sulfonamides is 1. The van der Waals surface area contributed by atoms with Gasteiger partial charge >= 0.3 is 0 Å². The SMILES string of the molecule is COc1ccc(C(=O)Nc2cc(C)nn2CCC#N)cc1S(=O)(=O)N1CCOCC1. The number of rotatable bonds is 7. The van der Waals surface area contributed by atoms with Gasteiger partial charge in [-0.15, -0.1) is 0 Å². The zero-order valence-corrected chi connectivity index (χ0v) is 17.6. The number of carbonyl (C=O) groups is 1. The number of nitrogens with one attached hydrogen (secondary N) is 1. The third kappa shape index (κ3) is 4.62. The normalized spacial score (nSPS) is 14.8. The van der Waals surface area contributed by atoms with Crippen LogP contribution in [0.5, 0.6) is 5.75 Å². The molecule has 0 spiro atoms. The molecule has 0 unspecified atom stereocenters. The van der Waals surface area contributed by atoms with E-state index in [-0.39, 0.29) is 35.7 Å². The molecule has 30 heavy (non-hydrogen) atoms. The largest absolute Gasteiger partial charge is 0.495 e. The number of hydrogen-bond acceptors (Lipinski definition) is 7. The highest BCUT2D eigenvalue weighted by molar-refractivity contribution is 7.89. The molecule has 0 bridgehead atoms. The van der Waals surface area contributed by atoms with Gasteiger partial charge in [-0.1, -0.05) is 0 Å². The van der Waals surface area contributed by atoms with Gasteiger partial charge in [-0.2, -0.15) is 14.7 Å². The predicted molar refractivity (Wildman–Crippen MR) is 108 cm³/mol. The number of anilines is 1. The molecule has 1 saturated heterocycles. The Labute approximate surface area is 175 Å². The summed E-state index contributed by atoms with van der Waals surface area (Å²) < 4.78 is 39.5. The monoisotopic (exact) mass is 433 g/mol. The first-order valence-electron chi connectivity index (χ1n) is 9.35. The van der Waals surface area contributed by atoms with E-state index in [0.717, 1.165) is 0 Å². The van der Waals surface area contributed by atoms with Crippen molar-refractivity contribution in [3.8, 4) is 11.8 Å². The molecule has 1 N–H and O–H groups in total. The smallest absolute Gasteiger partial charge is 0.256 e. The van der Waals surface area contributed by atoms with Gasteiger partial charge in [0.05, 0.1) is 45.1 Å². The Bertz CT molecular complexity index is 1070. The lowest BCUT2D eigenvalue weighted by atomic mass is 10.2. The summed E-state index contributed by atoms with van der Waals surface area (Å²) >= 11 is 0. The van der Waals surface area contributed by atoms with Gasteiger partial charge in [-0.25, -0.2) is 13.1 Å². The zero-order chi connectivity index (χ0) is 21.7. The van der Waals surface area contributed by atoms with Gasteiger partial charge in [-0.3, -0.25) is 4.79 Å². The molecule has 2 aromatic rings. The molecule has 0 aliphatic carbocycles. The van der Waals surface area contributed by atoms with Gasteiger partial charge in [0.1, 0.15) is 16.5 Å². The van der Waals surface area contributed by atoms with Gasteiger partial charge in [-0.05, 0) is 25.1 Å². The maximum atomic E-state index is 13.1. The van der Waals surface area contributed by atoms with E-state index in [1.54, 1.807) is 13.0 Å². The fourth-order valence-electron chi connectivity index (χ4n) is 3.11. The van der Waals surface area contributed by atoms with Crippen LogP contribution in [0.2, 0.25) is 0 Å². The second-order valence-electron chi connectivity index (χ2n) is 6.64. The number of morpholine rings is 1. The fourth-order valence-corrected chi connectivity index (χ4v) is 4.70. The van der Waals surface area contributed by atoms with E-state index in [0.29, 0.717) is 31.3 Å². The molecule has 1 aromatic carbocycles. The highest BCUT2D eigenvalue weighted by Crippen LogP contribution is 2.29. The Balaban J connectivity index is 1.89. The summed E-state index contributed by atoms with van der Waals surface area (Å²) in [7, 11) is -2.48. The number of hydrogen-bond donors (Lipinski definition) is 1. The Kier molecular flexibility index (Phi) is 6.71. The number of methoxy groups -OCH3 is 1. The first-order valence-corrected chi connectivity index (χ1v) is 10.8. The van der Waals surface area contributed by atoms with Crippen LogP contribution in [0.3, 0.4) is 0 Å². The maximum Gasteiger partial charge on any atom is 0.256 e. The summed E-state index contributed by atoms with van der Waals surface area (Å²) in [4.78, 5) is 12.7. The first-order chi connectivity index (χ1) is 14.4. The van der Waals surface area contributed by atoms with Crippen molar-refractivity contribution in [1.29, 1.82) is 5.26 Å². The predicted octanol–water partition coefficient (Wildman–Crippen LogP) is 1.39. The lowest BCUT2D eigenvalue weighted by Crippen LogP contribution is -2.40. The van der Waals surface area contributed by atoms with Crippen molar-refractivity contribution < 1.29 is 22.7 Å². The van der Waals surface area contributed by atoms with Crippen molar-refractivity contribution in [1.82, 2.24) is 14.1 Å². The van der Waals surface area contributed by atoms with E-state index >= 15 is 0 Å². The zero-order valence-electron chi connectivity index (χ0n) is 16.8. The lowest BCUT2D eigenvalue weighted by molar-refractivity contribution is 0.0729. The number of aryl methyl sites for hydroxylation is 2. The van der Waals surface area contributed by atoms with Crippen LogP contribution in [0.4, 0.5) is 5.82 Å². The van der Waals surface area contributed by atoms with Gasteiger partial charge in [0.15, 0.2) is 0 Å². The van der Waals surface area contributed by atoms with Crippen LogP contribution in [-0.4, -0.2) is 61.8 Å². The van der Waals surface area contributed by atoms with Crippen LogP contribution in [-0.2, 0) is 21.3 Å². The number of benzene rings is 1. The molecule has 0 radical (unpaired) electrons. The lowest BCUT2D eigenvalue weighted by Gasteiger charge is -2.26. The number of carbonyl (C=O) groups excluding carboxylic acids is 1. The molecule has 160 valence electrons. The second-order valence-corrected chi connectivity index (χ2v) is 8.54. The summed E-state index contributed by atoms with van der Waals surface area (Å²) in [5.41, 5.74) is 0.849. The highest BCUT2D eigenvalue weighted by Gasteiger charge is 2.30. The molecule has 1 amide bonds. The minimum absolute atomic E-state index is 0.0753. The first kappa shape index (κ1) is 21.8. The van der Waals surface area contributed by atoms with Crippen LogP contribution in [0, 0.1) is 18.3 Å². The van der Waals surface area contributed by atoms with E-state index in [1.807, 2.05) is 6.07 Å². The number of amides is 1. The third-order valence-electron chi connectivity index (χ3n) is 4.59. The molecule has 2 heterocycles. The molecule has 1 aliphatic rings. The summed E-state index contributed by atoms with van der Waals surface area (Å²) in [5, 5.41) is 15.8. The standard InChI is InChI=1S/C19H23N5O5S/c1-14-12-18(24(22-14)7-3-6-20)21-19(25)15-4-5-16(28-2)17(13-15)30(26,27)23-8-10-29-11-9-23/h4-5,12-13H,3,7-11H2,1-2H3,(H,21,25). The molecule has 10 nitrogen and oxygen atoms in total. The minimum Gasteiger partial charge on any atom is -0.495 e. The molecule has 11 heteroatoms. The Morgan fingerprint density at radius 1 is 1.33 bits per heavy atom. The number of nitrogens with zero attached hydrogens (tertiary/aromatic N) is 4. The minimum atomic E-state index is -3.85. The van der Waals surface area contributed by atoms with Gasteiger partial charge in [0.25, 0.3) is 5.91 Å². The van der Waals surface area contributed by atoms with Crippen LogP contribution >= 0.6 is 0 Å². The fraction of sp³-hybridized carbons (Fsp3) is 0.421. The van der Waals surface area contributed by atoms with E-state index in [4.69, 9.17) is 14.7 Å². The van der Waals surface area contributed by atoms with Gasteiger partial charge in [0.2, 0.25) is 10.0 Å². The van der Waals surface area contributed by atoms with E-state index in [9.17, 15) is 13.2 Å². The third-order valence-corrected chi connectivity index (χ3v) is 6.51. The van der Waals surface area contributed by atoms with Crippen molar-refractivity contribution in [3.05, 3.63) is 35.5 Å². The summed E-state index contributed by atoms with van der Waals surface area (Å²) in [5.74, 6) is 0.100. The van der Waals surface area contributed by atoms with Crippen molar-refractivity contribution in [2.75, 3.05) is 38.7 Å². The molecule has 1 aromatic heterocycles. The highest BCUT2D eigenvalue weighted by atomic mass is 32.2. The Hall–Kier alpha value is -2.94. The summed E-state index contributed by atoms with van der Waals surface area (Å²) in [6, 6.07) is 7.98. The number of nitriles is 1. The molecule has 0 saturated carbocycles. The van der Waals surface area contributed by atoms with Gasteiger partial charge in [0, 0.05) is 24.7 Å². The van der Waals surface area contributed by atoms with Crippen LogP contribution in [0.1, 0.15) is 22.5 Å². The van der Waals surface area contributed by atoms with Crippen LogP contribution in [0.25, 0.3) is 0 Å². The Morgan fingerprint density at radius 2 is 2.07 bits per heavy atom. The Morgan fingerprint density at radius 3 is 2.73 bits per heavy atom. The number of ether oxygens (including phenoxy) is 2. The quantitative estimate of drug-likeness (QED) is 0.699. The van der Waals surface area contributed by atoms with Crippen molar-refractivity contribution >= 4 is 21.7 Å². The molecular weight excluding hydrogens is 410 g/mol. The molecule has 1 aliphatic heterocycles. The van der Waals surface area contributed by atoms with Crippen LogP contribution in [0.15, 0.2) is 29.2 Å². The maximum absolute atomic E-state index is 13.1. The summed E-state index contributed by atoms with van der Waals surface area (Å²) in [6.45, 7) is 3.21. The van der Waals surface area contributed by atoms with E-state index in [1.165, 1.54) is 34.3 Å². The topological polar surface area (TPSA) is 127 Å². The van der Waals surface area contributed by atoms with E-state index in [2.05, 4.69) is 10.4 Å². The second kappa shape index (κ2) is 9.25. The van der Waals surface area contributed by atoms with Gasteiger partial charge < -0.3 is 14.8 Å². The van der Waals surface area contributed by atoms with Crippen molar-refractivity contribution in [2.24, 2.45) is 0 Å². The molecular formula is C19H23N5O5S. The average molecular weight is 433 g/mol. The summed E-state index contributed by atoms with van der Waals surface area (Å²) in [6.07, 6.45) is 0.245. The number of aromatic nitrogens is 2. The van der Waals surface area contributed by atoms with Crippen molar-refractivity contribution in [2.45, 2.75) is 24.8 Å². The molecule has 3 rings (SSSR count). The molecule has 1 fully saturated rings. The van der Waals surface area contributed by atoms with Crippen LogP contribution < -0.4 is 10.1 Å². The van der Waals surface area contributed by atoms with Crippen molar-refractivity contribution in [3.63, 3.8) is 0 Å².